The molecule has 4 unspecified atom stereocenters. The molecule has 0 aliphatic carbocycles. The second-order valence-corrected chi connectivity index (χ2v) is 14.7. The summed E-state index contributed by atoms with van der Waals surface area (Å²) < 4.78 is 5.40. The van der Waals surface area contributed by atoms with Crippen molar-refractivity contribution in [3.63, 3.8) is 0 Å². The molecule has 3 fully saturated rings. The predicted molar refractivity (Wildman–Crippen MR) is 176 cm³/mol. The van der Waals surface area contributed by atoms with Gasteiger partial charge in [-0.15, -0.1) is 0 Å². The van der Waals surface area contributed by atoms with Gasteiger partial charge in [0.25, 0.3) is 0 Å². The maximum absolute atomic E-state index is 14.6. The van der Waals surface area contributed by atoms with Crippen molar-refractivity contribution >= 4 is 35.0 Å². The van der Waals surface area contributed by atoms with Crippen molar-refractivity contribution in [2.45, 2.75) is 50.7 Å². The molecule has 2 aromatic rings. The quantitative estimate of drug-likeness (QED) is 0.485. The van der Waals surface area contributed by atoms with Gasteiger partial charge < -0.3 is 19.9 Å². The first-order valence-electron chi connectivity index (χ1n) is 15.7. The third-order valence-corrected chi connectivity index (χ3v) is 9.95. The molecular weight excluding hydrogens is 597 g/mol. The predicted octanol–water partition coefficient (Wildman–Crippen LogP) is 4.31. The van der Waals surface area contributed by atoms with E-state index in [4.69, 9.17) is 27.9 Å². The first kappa shape index (κ1) is 33.2. The third kappa shape index (κ3) is 6.96. The normalized spacial score (nSPS) is 26.8. The van der Waals surface area contributed by atoms with Crippen LogP contribution in [0, 0.1) is 5.41 Å². The fraction of sp³-hybridized carbons (Fsp3) is 0.588. The smallest absolute Gasteiger partial charge is 0.240 e. The lowest BCUT2D eigenvalue weighted by molar-refractivity contribution is -0.138. The number of rotatable bonds is 7. The number of carbonyl (C=O) groups excluding carboxylic acids is 2. The molecule has 2 amide bonds. The van der Waals surface area contributed by atoms with E-state index < -0.39 is 11.6 Å². The van der Waals surface area contributed by atoms with Crippen LogP contribution in [0.5, 0.6) is 0 Å². The molecular formula is C34H47Cl2N5O3. The third-order valence-electron chi connectivity index (χ3n) is 9.46. The van der Waals surface area contributed by atoms with Crippen LogP contribution in [0.15, 0.2) is 48.5 Å². The monoisotopic (exact) mass is 643 g/mol. The van der Waals surface area contributed by atoms with E-state index in [1.807, 2.05) is 40.1 Å². The first-order valence-corrected chi connectivity index (χ1v) is 16.5. The topological polar surface area (TPSA) is 68.4 Å². The molecule has 1 N–H and O–H groups in total. The highest BCUT2D eigenvalue weighted by molar-refractivity contribution is 6.30. The maximum atomic E-state index is 14.6. The van der Waals surface area contributed by atoms with Crippen LogP contribution in [0.1, 0.15) is 44.2 Å². The Balaban J connectivity index is 1.46. The Morgan fingerprint density at radius 1 is 0.932 bits per heavy atom. The maximum Gasteiger partial charge on any atom is 0.240 e. The largest absolute Gasteiger partial charge is 0.378 e. The van der Waals surface area contributed by atoms with Gasteiger partial charge in [-0.25, -0.2) is 0 Å². The van der Waals surface area contributed by atoms with Gasteiger partial charge in [-0.05, 0) is 61.3 Å². The molecule has 0 radical (unpaired) electrons. The number of benzene rings is 2. The van der Waals surface area contributed by atoms with E-state index in [2.05, 4.69) is 68.2 Å². The zero-order valence-electron chi connectivity index (χ0n) is 26.7. The molecule has 0 saturated carbocycles. The Labute approximate surface area is 272 Å². The number of hydrogen-bond donors (Lipinski definition) is 1. The minimum absolute atomic E-state index is 0.000811. The Hall–Kier alpha value is -2.20. The minimum atomic E-state index is -0.560. The summed E-state index contributed by atoms with van der Waals surface area (Å²) in [7, 11) is 4.22. The van der Waals surface area contributed by atoms with E-state index in [1.165, 1.54) is 0 Å². The van der Waals surface area contributed by atoms with Gasteiger partial charge in [-0.2, -0.15) is 0 Å². The number of halogens is 2. The van der Waals surface area contributed by atoms with Crippen molar-refractivity contribution in [2.75, 3.05) is 73.1 Å². The molecule has 3 aliphatic heterocycles. The van der Waals surface area contributed by atoms with Crippen LogP contribution in [0.25, 0.3) is 0 Å². The van der Waals surface area contributed by atoms with Crippen molar-refractivity contribution in [1.82, 2.24) is 24.9 Å². The first-order chi connectivity index (χ1) is 20.9. The average Bonchev–Trinajstić information content (AvgIpc) is 3.32. The van der Waals surface area contributed by atoms with Crippen molar-refractivity contribution in [3.05, 3.63) is 69.7 Å². The lowest BCUT2D eigenvalue weighted by Gasteiger charge is -2.48. The summed E-state index contributed by atoms with van der Waals surface area (Å²) in [5.41, 5.74) is 1.58. The SMILES string of the molecule is CN(C)C1(c2ccc(Cl)cc2)C(CC(C)(C)C)NC(C(=O)N2CCN(CC(=O)N3CCOCC3)CC2)C1c1cccc(Cl)c1. The number of piperazine rings is 1. The van der Waals surface area contributed by atoms with Crippen molar-refractivity contribution in [3.8, 4) is 0 Å². The minimum Gasteiger partial charge on any atom is -0.378 e. The number of amides is 2. The van der Waals surface area contributed by atoms with Crippen LogP contribution in [0.4, 0.5) is 0 Å². The fourth-order valence-electron chi connectivity index (χ4n) is 7.47. The second kappa shape index (κ2) is 13.7. The average molecular weight is 645 g/mol. The number of likely N-dealkylation sites (N-methyl/N-ethyl adjacent to an activating group) is 1. The second-order valence-electron chi connectivity index (χ2n) is 13.8. The van der Waals surface area contributed by atoms with Crippen molar-refractivity contribution in [1.29, 1.82) is 0 Å². The zero-order chi connectivity index (χ0) is 31.6. The van der Waals surface area contributed by atoms with E-state index in [9.17, 15) is 9.59 Å². The number of carbonyl (C=O) groups is 2. The zero-order valence-corrected chi connectivity index (χ0v) is 28.2. The lowest BCUT2D eigenvalue weighted by atomic mass is 9.67. The van der Waals surface area contributed by atoms with Gasteiger partial charge >= 0.3 is 0 Å². The van der Waals surface area contributed by atoms with E-state index in [1.54, 1.807) is 0 Å². The highest BCUT2D eigenvalue weighted by Crippen LogP contribution is 2.53. The van der Waals surface area contributed by atoms with Crippen LogP contribution in [-0.4, -0.2) is 117 Å². The Bertz CT molecular complexity index is 1300. The summed E-state index contributed by atoms with van der Waals surface area (Å²) in [6.07, 6.45) is 0.853. The Morgan fingerprint density at radius 2 is 1.59 bits per heavy atom. The summed E-state index contributed by atoms with van der Waals surface area (Å²) in [5.74, 6) is -0.000748. The number of hydrogen-bond acceptors (Lipinski definition) is 6. The van der Waals surface area contributed by atoms with Gasteiger partial charge in [0.05, 0.1) is 31.3 Å². The van der Waals surface area contributed by atoms with Gasteiger partial charge in [0.1, 0.15) is 0 Å². The van der Waals surface area contributed by atoms with Crippen LogP contribution < -0.4 is 5.32 Å². The van der Waals surface area contributed by atoms with Crippen LogP contribution in [-0.2, 0) is 19.9 Å². The molecule has 4 atom stereocenters. The Kier molecular flexibility index (Phi) is 10.3. The van der Waals surface area contributed by atoms with Gasteiger partial charge in [0.2, 0.25) is 11.8 Å². The molecule has 240 valence electrons. The van der Waals surface area contributed by atoms with Gasteiger partial charge in [0, 0.05) is 61.3 Å². The summed E-state index contributed by atoms with van der Waals surface area (Å²) in [6.45, 7) is 12.1. The Morgan fingerprint density at radius 3 is 2.18 bits per heavy atom. The molecule has 0 bridgehead atoms. The number of nitrogens with one attached hydrogen (secondary N) is 1. The fourth-order valence-corrected chi connectivity index (χ4v) is 7.80. The molecule has 5 rings (SSSR count). The summed E-state index contributed by atoms with van der Waals surface area (Å²) in [6, 6.07) is 15.6. The molecule has 0 aromatic heterocycles. The molecule has 0 spiro atoms. The van der Waals surface area contributed by atoms with Crippen LogP contribution in [0.2, 0.25) is 10.0 Å². The molecule has 3 heterocycles. The standard InChI is InChI=1S/C34H47Cl2N5O3/c1-33(2,3)22-28-34(38(4)5,25-9-11-26(35)12-10-25)30(24-7-6-8-27(36)21-24)31(37-28)32(43)41-15-13-39(14-16-41)23-29(42)40-17-19-44-20-18-40/h6-12,21,28,30-31,37H,13-20,22-23H2,1-5H3. The van der Waals surface area contributed by atoms with Crippen molar-refractivity contribution in [2.24, 2.45) is 5.41 Å². The highest BCUT2D eigenvalue weighted by Gasteiger charge is 2.60. The van der Waals surface area contributed by atoms with Gasteiger partial charge in [-0.1, -0.05) is 68.2 Å². The number of nitrogens with zero attached hydrogens (tertiary/aromatic N) is 4. The van der Waals surface area contributed by atoms with E-state index in [-0.39, 0.29) is 29.2 Å². The molecule has 3 saturated heterocycles. The summed E-state index contributed by atoms with van der Waals surface area (Å²) >= 11 is 13.0. The molecule has 10 heteroatoms. The van der Waals surface area contributed by atoms with E-state index in [0.717, 1.165) is 17.5 Å². The molecule has 2 aromatic carbocycles. The molecule has 3 aliphatic rings. The lowest BCUT2D eigenvalue weighted by Crippen LogP contribution is -2.56. The molecule has 8 nitrogen and oxygen atoms in total. The van der Waals surface area contributed by atoms with Crippen LogP contribution >= 0.6 is 23.2 Å². The highest BCUT2D eigenvalue weighted by atomic mass is 35.5. The summed E-state index contributed by atoms with van der Waals surface area (Å²) in [4.78, 5) is 35.8. The van der Waals surface area contributed by atoms with E-state index >= 15 is 0 Å². The summed E-state index contributed by atoms with van der Waals surface area (Å²) in [5, 5.41) is 5.22. The van der Waals surface area contributed by atoms with Gasteiger partial charge in [0.15, 0.2) is 0 Å². The number of morpholine rings is 1. The molecule has 44 heavy (non-hydrogen) atoms. The van der Waals surface area contributed by atoms with Crippen molar-refractivity contribution < 1.29 is 14.3 Å². The van der Waals surface area contributed by atoms with E-state index in [0.29, 0.717) is 69.1 Å². The number of ether oxygens (including phenoxy) is 1. The van der Waals surface area contributed by atoms with Crippen LogP contribution in [0.3, 0.4) is 0 Å². The van der Waals surface area contributed by atoms with Gasteiger partial charge in [-0.3, -0.25) is 19.4 Å².